The standard InChI is InChI=1S/C12H12N2O2/c1-7-11(8(2)15)16-12(14-7)9-3-5-10(13)6-4-9/h3-6H,13H2,1-2H3. The van der Waals surface area contributed by atoms with Gasteiger partial charge in [-0.25, -0.2) is 4.98 Å². The van der Waals surface area contributed by atoms with Gasteiger partial charge in [0, 0.05) is 18.2 Å². The molecule has 0 aliphatic rings. The maximum Gasteiger partial charge on any atom is 0.227 e. The van der Waals surface area contributed by atoms with Gasteiger partial charge in [-0.05, 0) is 31.2 Å². The first-order chi connectivity index (χ1) is 7.58. The number of aromatic nitrogens is 1. The molecule has 16 heavy (non-hydrogen) atoms. The number of carbonyl (C=O) groups is 1. The summed E-state index contributed by atoms with van der Waals surface area (Å²) in [7, 11) is 0. The molecule has 0 bridgehead atoms. The molecule has 0 spiro atoms. The smallest absolute Gasteiger partial charge is 0.227 e. The summed E-state index contributed by atoms with van der Waals surface area (Å²) in [5, 5.41) is 0. The fraction of sp³-hybridized carbons (Fsp3) is 0.167. The zero-order valence-electron chi connectivity index (χ0n) is 9.15. The Balaban J connectivity index is 2.45. The highest BCUT2D eigenvalue weighted by Crippen LogP contribution is 2.22. The second kappa shape index (κ2) is 3.81. The number of hydrogen-bond acceptors (Lipinski definition) is 4. The predicted molar refractivity (Wildman–Crippen MR) is 61.1 cm³/mol. The van der Waals surface area contributed by atoms with Crippen molar-refractivity contribution in [3.05, 3.63) is 35.7 Å². The number of carbonyl (C=O) groups excluding carboxylic acids is 1. The first kappa shape index (κ1) is 10.4. The van der Waals surface area contributed by atoms with Crippen LogP contribution in [0.2, 0.25) is 0 Å². The summed E-state index contributed by atoms with van der Waals surface area (Å²) in [5.74, 6) is 0.640. The Morgan fingerprint density at radius 3 is 2.44 bits per heavy atom. The molecule has 0 unspecified atom stereocenters. The highest BCUT2D eigenvalue weighted by molar-refractivity contribution is 5.92. The van der Waals surface area contributed by atoms with Crippen LogP contribution >= 0.6 is 0 Å². The van der Waals surface area contributed by atoms with Crippen LogP contribution < -0.4 is 5.73 Å². The zero-order valence-corrected chi connectivity index (χ0v) is 9.15. The molecule has 4 heteroatoms. The summed E-state index contributed by atoms with van der Waals surface area (Å²) in [6, 6.07) is 7.15. The van der Waals surface area contributed by atoms with E-state index in [0.29, 0.717) is 23.0 Å². The minimum absolute atomic E-state index is 0.119. The van der Waals surface area contributed by atoms with Crippen molar-refractivity contribution in [1.82, 2.24) is 4.98 Å². The Hall–Kier alpha value is -2.10. The molecular weight excluding hydrogens is 204 g/mol. The lowest BCUT2D eigenvalue weighted by Gasteiger charge is -1.95. The molecular formula is C12H12N2O2. The first-order valence-electron chi connectivity index (χ1n) is 4.92. The third-order valence-electron chi connectivity index (χ3n) is 2.27. The molecule has 0 saturated heterocycles. The summed E-state index contributed by atoms with van der Waals surface area (Å²) in [5.41, 5.74) is 7.68. The van der Waals surface area contributed by atoms with Gasteiger partial charge in [0.25, 0.3) is 0 Å². The molecule has 4 nitrogen and oxygen atoms in total. The maximum absolute atomic E-state index is 11.2. The van der Waals surface area contributed by atoms with Gasteiger partial charge in [-0.3, -0.25) is 4.79 Å². The zero-order chi connectivity index (χ0) is 11.7. The number of hydrogen-bond donors (Lipinski definition) is 1. The van der Waals surface area contributed by atoms with Crippen molar-refractivity contribution in [3.8, 4) is 11.5 Å². The molecule has 1 aromatic heterocycles. The number of Topliss-reactive ketones (excluding diaryl/α,β-unsaturated/α-hetero) is 1. The van der Waals surface area contributed by atoms with Crippen LogP contribution in [0.3, 0.4) is 0 Å². The average molecular weight is 216 g/mol. The Labute approximate surface area is 93.1 Å². The second-order valence-corrected chi connectivity index (χ2v) is 3.61. The lowest BCUT2D eigenvalue weighted by atomic mass is 10.2. The maximum atomic E-state index is 11.2. The van der Waals surface area contributed by atoms with Gasteiger partial charge >= 0.3 is 0 Å². The fourth-order valence-electron chi connectivity index (χ4n) is 1.47. The normalized spacial score (nSPS) is 10.4. The van der Waals surface area contributed by atoms with Gasteiger partial charge in [0.2, 0.25) is 5.89 Å². The molecule has 0 saturated carbocycles. The van der Waals surface area contributed by atoms with E-state index >= 15 is 0 Å². The number of ketones is 1. The molecule has 0 fully saturated rings. The summed E-state index contributed by atoms with van der Waals surface area (Å²) in [6.07, 6.45) is 0. The van der Waals surface area contributed by atoms with Gasteiger partial charge in [-0.15, -0.1) is 0 Å². The van der Waals surface area contributed by atoms with Gasteiger partial charge < -0.3 is 10.2 Å². The molecule has 1 heterocycles. The largest absolute Gasteiger partial charge is 0.433 e. The van der Waals surface area contributed by atoms with E-state index in [1.165, 1.54) is 6.92 Å². The number of oxazole rings is 1. The Kier molecular flexibility index (Phi) is 2.48. The summed E-state index contributed by atoms with van der Waals surface area (Å²) < 4.78 is 5.40. The van der Waals surface area contributed by atoms with Crippen molar-refractivity contribution in [2.75, 3.05) is 5.73 Å². The number of nitrogens with zero attached hydrogens (tertiary/aromatic N) is 1. The van der Waals surface area contributed by atoms with E-state index < -0.39 is 0 Å². The van der Waals surface area contributed by atoms with E-state index in [9.17, 15) is 4.79 Å². The van der Waals surface area contributed by atoms with Gasteiger partial charge in [-0.2, -0.15) is 0 Å². The SMILES string of the molecule is CC(=O)c1oc(-c2ccc(N)cc2)nc1C. The van der Waals surface area contributed by atoms with Crippen LogP contribution in [0, 0.1) is 6.92 Å². The Morgan fingerprint density at radius 2 is 1.94 bits per heavy atom. The number of nitrogen functional groups attached to an aromatic ring is 1. The van der Waals surface area contributed by atoms with E-state index in [-0.39, 0.29) is 5.78 Å². The van der Waals surface area contributed by atoms with Gasteiger partial charge in [-0.1, -0.05) is 0 Å². The van der Waals surface area contributed by atoms with Gasteiger partial charge in [0.1, 0.15) is 0 Å². The van der Waals surface area contributed by atoms with Crippen LogP contribution in [0.15, 0.2) is 28.7 Å². The van der Waals surface area contributed by atoms with Crippen LogP contribution in [0.25, 0.3) is 11.5 Å². The average Bonchev–Trinajstić information content (AvgIpc) is 2.61. The second-order valence-electron chi connectivity index (χ2n) is 3.61. The van der Waals surface area contributed by atoms with E-state index in [1.54, 1.807) is 19.1 Å². The van der Waals surface area contributed by atoms with Crippen molar-refractivity contribution in [3.63, 3.8) is 0 Å². The summed E-state index contributed by atoms with van der Waals surface area (Å²) >= 11 is 0. The van der Waals surface area contributed by atoms with Gasteiger partial charge in [0.15, 0.2) is 11.5 Å². The number of anilines is 1. The van der Waals surface area contributed by atoms with Crippen LogP contribution in [-0.2, 0) is 0 Å². The third-order valence-corrected chi connectivity index (χ3v) is 2.27. The monoisotopic (exact) mass is 216 g/mol. The molecule has 0 amide bonds. The molecule has 0 radical (unpaired) electrons. The molecule has 0 aliphatic heterocycles. The molecule has 1 aromatic carbocycles. The highest BCUT2D eigenvalue weighted by atomic mass is 16.4. The fourth-order valence-corrected chi connectivity index (χ4v) is 1.47. The van der Waals surface area contributed by atoms with E-state index in [0.717, 1.165) is 5.56 Å². The molecule has 0 aliphatic carbocycles. The van der Waals surface area contributed by atoms with Crippen molar-refractivity contribution in [2.24, 2.45) is 0 Å². The van der Waals surface area contributed by atoms with E-state index in [2.05, 4.69) is 4.98 Å². The van der Waals surface area contributed by atoms with Crippen molar-refractivity contribution < 1.29 is 9.21 Å². The minimum Gasteiger partial charge on any atom is -0.433 e. The van der Waals surface area contributed by atoms with Crippen LogP contribution in [0.4, 0.5) is 5.69 Å². The van der Waals surface area contributed by atoms with Crippen molar-refractivity contribution in [1.29, 1.82) is 0 Å². The minimum atomic E-state index is -0.119. The van der Waals surface area contributed by atoms with E-state index in [4.69, 9.17) is 10.2 Å². The van der Waals surface area contributed by atoms with Crippen LogP contribution in [-0.4, -0.2) is 10.8 Å². The summed E-state index contributed by atoms with van der Waals surface area (Å²) in [4.78, 5) is 15.4. The third kappa shape index (κ3) is 1.82. The predicted octanol–water partition coefficient (Wildman–Crippen LogP) is 2.43. The quantitative estimate of drug-likeness (QED) is 0.618. The number of aryl methyl sites for hydroxylation is 1. The lowest BCUT2D eigenvalue weighted by molar-refractivity contribution is 0.0987. The first-order valence-corrected chi connectivity index (χ1v) is 4.92. The molecule has 2 rings (SSSR count). The molecule has 2 aromatic rings. The number of benzene rings is 1. The molecule has 0 atom stereocenters. The lowest BCUT2D eigenvalue weighted by Crippen LogP contribution is -1.90. The van der Waals surface area contributed by atoms with Gasteiger partial charge in [0.05, 0.1) is 5.69 Å². The van der Waals surface area contributed by atoms with Crippen LogP contribution in [0.5, 0.6) is 0 Å². The summed E-state index contributed by atoms with van der Waals surface area (Å²) in [6.45, 7) is 3.21. The van der Waals surface area contributed by atoms with E-state index in [1.807, 2.05) is 12.1 Å². The molecule has 2 N–H and O–H groups in total. The van der Waals surface area contributed by atoms with Crippen molar-refractivity contribution in [2.45, 2.75) is 13.8 Å². The molecule has 82 valence electrons. The Morgan fingerprint density at radius 1 is 1.31 bits per heavy atom. The number of rotatable bonds is 2. The van der Waals surface area contributed by atoms with Crippen LogP contribution in [0.1, 0.15) is 23.2 Å². The van der Waals surface area contributed by atoms with Crippen molar-refractivity contribution >= 4 is 11.5 Å². The topological polar surface area (TPSA) is 69.1 Å². The number of nitrogens with two attached hydrogens (primary N) is 1. The Bertz CT molecular complexity index is 526. The highest BCUT2D eigenvalue weighted by Gasteiger charge is 2.14.